The number of benzene rings is 3. The second-order valence-corrected chi connectivity index (χ2v) is 14.7. The molecular formula is C43H42N10O3. The zero-order valence-corrected chi connectivity index (χ0v) is 31.1. The Balaban J connectivity index is 0.767. The Kier molecular flexibility index (Phi) is 9.66. The standard InChI is InChI=1S/C43H42N10O3/c1-29(42-46-40(48-56-42)20-30-10-4-2-5-11-30)50-16-18-51(19-17-50)43(55)33-21-35(22-33)45-41(54)34-23-37(26-44-25-34)53-28-36(47-49-53)27-52-38-15-9-8-14-32(38)24-39(52)31-12-6-3-7-13-31/h2-15,23-26,28-29,33,35H,16-22,27H2,1H3,(H,45,54). The normalized spacial score (nSPS) is 17.8. The van der Waals surface area contributed by atoms with Gasteiger partial charge in [0.2, 0.25) is 11.8 Å². The lowest BCUT2D eigenvalue weighted by Crippen LogP contribution is -2.55. The number of para-hydroxylation sites is 1. The summed E-state index contributed by atoms with van der Waals surface area (Å²) >= 11 is 0. The van der Waals surface area contributed by atoms with E-state index in [2.05, 4.69) is 89.6 Å². The SMILES string of the molecule is CC(c1nc(Cc2ccccc2)no1)N1CCN(C(=O)C2CC(NC(=O)c3cncc(-n4cc(Cn5c(-c6ccccc6)cc6ccccc65)nn4)c3)C2)CC1. The van der Waals surface area contributed by atoms with Crippen molar-refractivity contribution in [2.75, 3.05) is 26.2 Å². The highest BCUT2D eigenvalue weighted by Gasteiger charge is 2.39. The number of carbonyl (C=O) groups is 2. The van der Waals surface area contributed by atoms with Gasteiger partial charge in [0.15, 0.2) is 5.82 Å². The first-order valence-corrected chi connectivity index (χ1v) is 19.2. The summed E-state index contributed by atoms with van der Waals surface area (Å²) in [5, 5.41) is 17.3. The van der Waals surface area contributed by atoms with Crippen molar-refractivity contribution in [3.63, 3.8) is 0 Å². The van der Waals surface area contributed by atoms with Crippen molar-refractivity contribution in [1.29, 1.82) is 0 Å². The summed E-state index contributed by atoms with van der Waals surface area (Å²) in [6.07, 6.45) is 6.95. The summed E-state index contributed by atoms with van der Waals surface area (Å²) in [5.41, 5.74) is 6.32. The van der Waals surface area contributed by atoms with E-state index in [1.165, 1.54) is 0 Å². The van der Waals surface area contributed by atoms with Crippen LogP contribution in [-0.4, -0.2) is 88.5 Å². The van der Waals surface area contributed by atoms with Crippen LogP contribution in [0.2, 0.25) is 0 Å². The summed E-state index contributed by atoms with van der Waals surface area (Å²) in [4.78, 5) is 39.9. The minimum Gasteiger partial charge on any atom is -0.349 e. The number of hydrogen-bond acceptors (Lipinski definition) is 9. The van der Waals surface area contributed by atoms with E-state index in [0.29, 0.717) is 61.9 Å². The van der Waals surface area contributed by atoms with E-state index in [9.17, 15) is 9.59 Å². The molecule has 13 heteroatoms. The highest BCUT2D eigenvalue weighted by atomic mass is 16.5. The topological polar surface area (TPSA) is 140 Å². The highest BCUT2D eigenvalue weighted by Crippen LogP contribution is 2.32. The summed E-state index contributed by atoms with van der Waals surface area (Å²) in [5.74, 6) is 1.10. The van der Waals surface area contributed by atoms with Crippen LogP contribution < -0.4 is 5.32 Å². The molecule has 0 spiro atoms. The average molecular weight is 747 g/mol. The fraction of sp³-hybridized carbons (Fsp3) is 0.279. The Morgan fingerprint density at radius 1 is 0.893 bits per heavy atom. The number of nitrogens with one attached hydrogen (secondary N) is 1. The fourth-order valence-electron chi connectivity index (χ4n) is 7.80. The molecule has 1 atom stereocenters. The molecule has 1 unspecified atom stereocenters. The molecule has 4 aromatic heterocycles. The number of pyridine rings is 1. The maximum Gasteiger partial charge on any atom is 0.253 e. The van der Waals surface area contributed by atoms with Crippen molar-refractivity contribution in [1.82, 2.24) is 49.8 Å². The molecule has 1 aliphatic carbocycles. The second-order valence-electron chi connectivity index (χ2n) is 14.7. The third-order valence-corrected chi connectivity index (χ3v) is 11.0. The zero-order chi connectivity index (χ0) is 38.0. The molecule has 2 amide bonds. The summed E-state index contributed by atoms with van der Waals surface area (Å²) < 4.78 is 9.51. The molecule has 282 valence electrons. The van der Waals surface area contributed by atoms with Crippen molar-refractivity contribution in [2.24, 2.45) is 5.92 Å². The van der Waals surface area contributed by atoms with Crippen LogP contribution in [0, 0.1) is 5.92 Å². The Bertz CT molecular complexity index is 2460. The summed E-state index contributed by atoms with van der Waals surface area (Å²) in [6, 6.07) is 32.6. The van der Waals surface area contributed by atoms with Gasteiger partial charge in [0.1, 0.15) is 5.69 Å². The highest BCUT2D eigenvalue weighted by molar-refractivity contribution is 5.95. The van der Waals surface area contributed by atoms with Gasteiger partial charge in [-0.05, 0) is 49.1 Å². The van der Waals surface area contributed by atoms with Crippen molar-refractivity contribution in [3.05, 3.63) is 144 Å². The molecule has 5 heterocycles. The van der Waals surface area contributed by atoms with Crippen LogP contribution in [0.1, 0.15) is 59.1 Å². The number of fused-ring (bicyclic) bond motifs is 1. The lowest BCUT2D eigenvalue weighted by Gasteiger charge is -2.41. The Hall–Kier alpha value is -6.47. The zero-order valence-electron chi connectivity index (χ0n) is 31.1. The summed E-state index contributed by atoms with van der Waals surface area (Å²) in [7, 11) is 0. The third-order valence-electron chi connectivity index (χ3n) is 11.0. The van der Waals surface area contributed by atoms with E-state index in [1.54, 1.807) is 23.1 Å². The fourth-order valence-corrected chi connectivity index (χ4v) is 7.80. The van der Waals surface area contributed by atoms with Gasteiger partial charge in [-0.15, -0.1) is 5.10 Å². The quantitative estimate of drug-likeness (QED) is 0.176. The predicted octanol–water partition coefficient (Wildman–Crippen LogP) is 5.72. The van der Waals surface area contributed by atoms with Gasteiger partial charge in [-0.3, -0.25) is 19.5 Å². The Morgan fingerprint density at radius 2 is 1.64 bits per heavy atom. The van der Waals surface area contributed by atoms with Crippen molar-refractivity contribution < 1.29 is 14.1 Å². The Labute approximate surface area is 324 Å². The number of nitrogens with zero attached hydrogens (tertiary/aromatic N) is 9. The minimum absolute atomic E-state index is 0.0363. The van der Waals surface area contributed by atoms with Crippen LogP contribution in [0.15, 0.2) is 120 Å². The Morgan fingerprint density at radius 3 is 2.45 bits per heavy atom. The molecule has 0 radical (unpaired) electrons. The number of aromatic nitrogens is 7. The van der Waals surface area contributed by atoms with E-state index >= 15 is 0 Å². The molecule has 9 rings (SSSR count). The van der Waals surface area contributed by atoms with Crippen molar-refractivity contribution in [3.8, 4) is 16.9 Å². The average Bonchev–Trinajstić information content (AvgIpc) is 3.99. The largest absolute Gasteiger partial charge is 0.349 e. The van der Waals surface area contributed by atoms with E-state index in [1.807, 2.05) is 59.6 Å². The molecule has 3 aromatic carbocycles. The van der Waals surface area contributed by atoms with Gasteiger partial charge in [-0.1, -0.05) is 89.2 Å². The molecule has 1 aliphatic heterocycles. The number of piperazine rings is 1. The molecule has 2 aliphatic rings. The van der Waals surface area contributed by atoms with Crippen LogP contribution in [0.3, 0.4) is 0 Å². The lowest BCUT2D eigenvalue weighted by atomic mass is 9.79. The van der Waals surface area contributed by atoms with Crippen LogP contribution >= 0.6 is 0 Å². The summed E-state index contributed by atoms with van der Waals surface area (Å²) in [6.45, 7) is 5.33. The van der Waals surface area contributed by atoms with Crippen molar-refractivity contribution in [2.45, 2.75) is 44.8 Å². The molecule has 1 N–H and O–H groups in total. The number of amides is 2. The molecule has 13 nitrogen and oxygen atoms in total. The maximum atomic E-state index is 13.4. The smallest absolute Gasteiger partial charge is 0.253 e. The lowest BCUT2D eigenvalue weighted by molar-refractivity contribution is -0.141. The second kappa shape index (κ2) is 15.3. The van der Waals surface area contributed by atoms with Gasteiger partial charge in [-0.25, -0.2) is 4.68 Å². The van der Waals surface area contributed by atoms with E-state index in [4.69, 9.17) is 4.52 Å². The third kappa shape index (κ3) is 7.32. The van der Waals surface area contributed by atoms with Crippen molar-refractivity contribution >= 4 is 22.7 Å². The van der Waals surface area contributed by atoms with Crippen LogP contribution in [-0.2, 0) is 17.8 Å². The first kappa shape index (κ1) is 35.2. The molecule has 1 saturated carbocycles. The van der Waals surface area contributed by atoms with Gasteiger partial charge in [-0.2, -0.15) is 4.98 Å². The first-order valence-electron chi connectivity index (χ1n) is 19.2. The molecule has 56 heavy (non-hydrogen) atoms. The molecule has 1 saturated heterocycles. The van der Waals surface area contributed by atoms with Crippen LogP contribution in [0.5, 0.6) is 0 Å². The maximum absolute atomic E-state index is 13.4. The van der Waals surface area contributed by atoms with E-state index in [-0.39, 0.29) is 29.8 Å². The predicted molar refractivity (Wildman–Crippen MR) is 210 cm³/mol. The molecule has 7 aromatic rings. The number of hydrogen-bond donors (Lipinski definition) is 1. The molecule has 0 bridgehead atoms. The monoisotopic (exact) mass is 746 g/mol. The van der Waals surface area contributed by atoms with E-state index in [0.717, 1.165) is 46.5 Å². The molecular weight excluding hydrogens is 705 g/mol. The van der Waals surface area contributed by atoms with Gasteiger partial charge in [0.05, 0.1) is 36.2 Å². The minimum atomic E-state index is -0.225. The van der Waals surface area contributed by atoms with Crippen LogP contribution in [0.25, 0.3) is 27.8 Å². The first-order chi connectivity index (χ1) is 27.4. The number of carbonyl (C=O) groups excluding carboxylic acids is 2. The van der Waals surface area contributed by atoms with Gasteiger partial charge < -0.3 is 19.3 Å². The van der Waals surface area contributed by atoms with Gasteiger partial charge >= 0.3 is 0 Å². The number of rotatable bonds is 11. The van der Waals surface area contributed by atoms with Gasteiger partial charge in [0, 0.05) is 67.4 Å². The van der Waals surface area contributed by atoms with Gasteiger partial charge in [0.25, 0.3) is 5.91 Å². The molecule has 2 fully saturated rings. The van der Waals surface area contributed by atoms with E-state index < -0.39 is 0 Å². The van der Waals surface area contributed by atoms with Crippen LogP contribution in [0.4, 0.5) is 0 Å².